The van der Waals surface area contributed by atoms with E-state index in [2.05, 4.69) is 0 Å². The summed E-state index contributed by atoms with van der Waals surface area (Å²) >= 11 is 0. The average Bonchev–Trinajstić information content (AvgIpc) is 2.36. The van der Waals surface area contributed by atoms with Gasteiger partial charge in [-0.25, -0.2) is 0 Å². The SMILES string of the molecule is FC(F)(F)CCCC1=CC=CC1. The normalized spacial score (nSPS) is 16.8. The fraction of sp³-hybridized carbons (Fsp3) is 0.556. The minimum Gasteiger partial charge on any atom is -0.171 e. The Morgan fingerprint density at radius 1 is 1.33 bits per heavy atom. The molecule has 1 aliphatic rings. The first-order chi connectivity index (χ1) is 5.58. The van der Waals surface area contributed by atoms with Gasteiger partial charge < -0.3 is 0 Å². The quantitative estimate of drug-likeness (QED) is 0.616. The van der Waals surface area contributed by atoms with Crippen molar-refractivity contribution in [2.45, 2.75) is 31.9 Å². The zero-order valence-electron chi connectivity index (χ0n) is 6.69. The maximum Gasteiger partial charge on any atom is 0.389 e. The van der Waals surface area contributed by atoms with E-state index in [0.717, 1.165) is 12.0 Å². The first-order valence-corrected chi connectivity index (χ1v) is 3.99. The fourth-order valence-corrected chi connectivity index (χ4v) is 1.19. The number of rotatable bonds is 3. The maximum atomic E-state index is 11.7. The highest BCUT2D eigenvalue weighted by Gasteiger charge is 2.25. The van der Waals surface area contributed by atoms with Crippen LogP contribution in [0.2, 0.25) is 0 Å². The molecule has 0 unspecified atom stereocenters. The second kappa shape index (κ2) is 3.78. The van der Waals surface area contributed by atoms with Crippen molar-refractivity contribution in [1.82, 2.24) is 0 Å². The van der Waals surface area contributed by atoms with Crippen LogP contribution < -0.4 is 0 Å². The second-order valence-corrected chi connectivity index (χ2v) is 2.93. The lowest BCUT2D eigenvalue weighted by atomic mass is 10.1. The van der Waals surface area contributed by atoms with Crippen molar-refractivity contribution in [2.24, 2.45) is 0 Å². The second-order valence-electron chi connectivity index (χ2n) is 2.93. The Kier molecular flexibility index (Phi) is 2.95. The molecule has 0 amide bonds. The zero-order valence-corrected chi connectivity index (χ0v) is 6.69. The summed E-state index contributed by atoms with van der Waals surface area (Å²) in [6.07, 6.45) is 2.72. The molecule has 0 N–H and O–H groups in total. The van der Waals surface area contributed by atoms with Gasteiger partial charge in [0.05, 0.1) is 0 Å². The van der Waals surface area contributed by atoms with E-state index in [9.17, 15) is 13.2 Å². The Balaban J connectivity index is 2.11. The molecule has 0 saturated carbocycles. The van der Waals surface area contributed by atoms with Crippen LogP contribution in [0.1, 0.15) is 25.7 Å². The van der Waals surface area contributed by atoms with Gasteiger partial charge in [0.15, 0.2) is 0 Å². The van der Waals surface area contributed by atoms with Crippen molar-refractivity contribution in [3.8, 4) is 0 Å². The van der Waals surface area contributed by atoms with Crippen molar-refractivity contribution in [3.63, 3.8) is 0 Å². The van der Waals surface area contributed by atoms with E-state index < -0.39 is 12.6 Å². The number of allylic oxidation sites excluding steroid dienone is 4. The molecule has 1 aliphatic carbocycles. The van der Waals surface area contributed by atoms with Crippen LogP contribution in [-0.2, 0) is 0 Å². The van der Waals surface area contributed by atoms with Gasteiger partial charge in [-0.2, -0.15) is 13.2 Å². The van der Waals surface area contributed by atoms with Crippen LogP contribution in [0.15, 0.2) is 23.8 Å². The van der Waals surface area contributed by atoms with Gasteiger partial charge in [-0.05, 0) is 19.3 Å². The molecule has 0 saturated heterocycles. The minimum atomic E-state index is -3.99. The smallest absolute Gasteiger partial charge is 0.171 e. The molecule has 1 rings (SSSR count). The van der Waals surface area contributed by atoms with E-state index in [-0.39, 0.29) is 6.42 Å². The molecule has 0 nitrogen and oxygen atoms in total. The Morgan fingerprint density at radius 3 is 2.58 bits per heavy atom. The van der Waals surface area contributed by atoms with E-state index in [4.69, 9.17) is 0 Å². The van der Waals surface area contributed by atoms with Gasteiger partial charge in [-0.1, -0.05) is 23.8 Å². The lowest BCUT2D eigenvalue weighted by Gasteiger charge is -2.05. The van der Waals surface area contributed by atoms with Gasteiger partial charge in [0.1, 0.15) is 0 Å². The van der Waals surface area contributed by atoms with Gasteiger partial charge >= 0.3 is 6.18 Å². The largest absolute Gasteiger partial charge is 0.389 e. The first-order valence-electron chi connectivity index (χ1n) is 3.99. The first kappa shape index (κ1) is 9.36. The number of alkyl halides is 3. The molecular formula is C9H11F3. The van der Waals surface area contributed by atoms with E-state index in [1.165, 1.54) is 0 Å². The van der Waals surface area contributed by atoms with Gasteiger partial charge in [0, 0.05) is 6.42 Å². The predicted molar refractivity (Wildman–Crippen MR) is 41.7 cm³/mol. The van der Waals surface area contributed by atoms with E-state index in [0.29, 0.717) is 6.42 Å². The third-order valence-electron chi connectivity index (χ3n) is 1.81. The summed E-state index contributed by atoms with van der Waals surface area (Å²) in [4.78, 5) is 0. The highest BCUT2D eigenvalue weighted by Crippen LogP contribution is 2.25. The molecule has 0 aliphatic heterocycles. The van der Waals surface area contributed by atoms with Crippen molar-refractivity contribution >= 4 is 0 Å². The number of halogens is 3. The number of hydrogen-bond donors (Lipinski definition) is 0. The van der Waals surface area contributed by atoms with Crippen LogP contribution in [-0.4, -0.2) is 6.18 Å². The third-order valence-corrected chi connectivity index (χ3v) is 1.81. The minimum absolute atomic E-state index is 0.219. The molecule has 0 radical (unpaired) electrons. The average molecular weight is 176 g/mol. The van der Waals surface area contributed by atoms with Gasteiger partial charge in [-0.15, -0.1) is 0 Å². The molecular weight excluding hydrogens is 165 g/mol. The maximum absolute atomic E-state index is 11.7. The molecule has 0 aromatic carbocycles. The molecule has 0 aromatic rings. The molecule has 0 fully saturated rings. The van der Waals surface area contributed by atoms with Crippen molar-refractivity contribution in [2.75, 3.05) is 0 Å². The van der Waals surface area contributed by atoms with Gasteiger partial charge in [0.2, 0.25) is 0 Å². The standard InChI is InChI=1S/C9H11F3/c10-9(11,12)7-3-6-8-4-1-2-5-8/h1-2,4H,3,5-7H2. The molecule has 0 bridgehead atoms. The summed E-state index contributed by atoms with van der Waals surface area (Å²) in [6, 6.07) is 0. The molecule has 0 aromatic heterocycles. The lowest BCUT2D eigenvalue weighted by Crippen LogP contribution is -2.06. The zero-order chi connectivity index (χ0) is 9.03. The van der Waals surface area contributed by atoms with Crippen molar-refractivity contribution < 1.29 is 13.2 Å². The van der Waals surface area contributed by atoms with Crippen LogP contribution in [0, 0.1) is 0 Å². The highest BCUT2D eigenvalue weighted by molar-refractivity contribution is 5.22. The van der Waals surface area contributed by atoms with Gasteiger partial charge in [-0.3, -0.25) is 0 Å². The van der Waals surface area contributed by atoms with E-state index >= 15 is 0 Å². The number of hydrogen-bond acceptors (Lipinski definition) is 0. The van der Waals surface area contributed by atoms with Crippen LogP contribution in [0.3, 0.4) is 0 Å². The van der Waals surface area contributed by atoms with Crippen LogP contribution in [0.25, 0.3) is 0 Å². The van der Waals surface area contributed by atoms with Crippen molar-refractivity contribution in [3.05, 3.63) is 23.8 Å². The van der Waals surface area contributed by atoms with E-state index in [1.807, 2.05) is 18.2 Å². The van der Waals surface area contributed by atoms with Crippen LogP contribution in [0.4, 0.5) is 13.2 Å². The van der Waals surface area contributed by atoms with E-state index in [1.54, 1.807) is 0 Å². The molecule has 0 atom stereocenters. The van der Waals surface area contributed by atoms with Crippen LogP contribution in [0.5, 0.6) is 0 Å². The molecule has 0 heterocycles. The topological polar surface area (TPSA) is 0 Å². The summed E-state index contributed by atoms with van der Waals surface area (Å²) in [5.41, 5.74) is 1.11. The summed E-state index contributed by atoms with van der Waals surface area (Å²) in [5.74, 6) is 0. The third kappa shape index (κ3) is 3.60. The highest BCUT2D eigenvalue weighted by atomic mass is 19.4. The monoisotopic (exact) mass is 176 g/mol. The fourth-order valence-electron chi connectivity index (χ4n) is 1.19. The summed E-state index contributed by atoms with van der Waals surface area (Å²) in [6.45, 7) is 0. The Hall–Kier alpha value is -0.730. The van der Waals surface area contributed by atoms with Gasteiger partial charge in [0.25, 0.3) is 0 Å². The van der Waals surface area contributed by atoms with Crippen molar-refractivity contribution in [1.29, 1.82) is 0 Å². The Morgan fingerprint density at radius 2 is 2.08 bits per heavy atom. The lowest BCUT2D eigenvalue weighted by molar-refractivity contribution is -0.135. The molecule has 3 heteroatoms. The summed E-state index contributed by atoms with van der Waals surface area (Å²) < 4.78 is 35.1. The molecule has 12 heavy (non-hydrogen) atoms. The summed E-state index contributed by atoms with van der Waals surface area (Å²) in [7, 11) is 0. The molecule has 0 spiro atoms. The Bertz CT molecular complexity index is 198. The predicted octanol–water partition coefficient (Wildman–Crippen LogP) is 3.61. The molecule has 68 valence electrons. The Labute approximate surface area is 69.8 Å². The summed E-state index contributed by atoms with van der Waals surface area (Å²) in [5, 5.41) is 0. The van der Waals surface area contributed by atoms with Crippen LogP contribution >= 0.6 is 0 Å².